The largest absolute Gasteiger partial charge is 0.342 e. The second-order valence-corrected chi connectivity index (χ2v) is 6.11. The molecule has 1 aromatic carbocycles. The van der Waals surface area contributed by atoms with Gasteiger partial charge in [-0.1, -0.05) is 41.4 Å². The van der Waals surface area contributed by atoms with Gasteiger partial charge < -0.3 is 9.47 Å². The molecule has 2 atom stereocenters. The first-order valence-electron chi connectivity index (χ1n) is 7.12. The van der Waals surface area contributed by atoms with Crippen molar-refractivity contribution in [2.24, 2.45) is 0 Å². The van der Waals surface area contributed by atoms with Crippen LogP contribution in [0.15, 0.2) is 41.4 Å². The highest BCUT2D eigenvalue weighted by atomic mass is 79.9. The molecule has 2 aromatic rings. The van der Waals surface area contributed by atoms with Crippen LogP contribution in [-0.2, 0) is 21.8 Å². The highest BCUT2D eigenvalue weighted by molar-refractivity contribution is 9.10. The normalized spacial score (nSPS) is 25.3. The van der Waals surface area contributed by atoms with E-state index >= 15 is 0 Å². The second kappa shape index (κ2) is 6.25. The molecule has 0 bridgehead atoms. The first kappa shape index (κ1) is 14.7. The van der Waals surface area contributed by atoms with Gasteiger partial charge in [0.25, 0.3) is 0 Å². The minimum absolute atomic E-state index is 0.127. The maximum absolute atomic E-state index is 6.26. The van der Waals surface area contributed by atoms with Crippen molar-refractivity contribution in [2.75, 3.05) is 6.61 Å². The molecule has 21 heavy (non-hydrogen) atoms. The molecule has 3 rings (SSSR count). The molecule has 5 nitrogen and oxygen atoms in total. The zero-order chi connectivity index (χ0) is 14.7. The van der Waals surface area contributed by atoms with E-state index in [2.05, 4.69) is 32.9 Å². The molecule has 1 aliphatic rings. The number of hydrogen-bond acceptors (Lipinski definition) is 4. The van der Waals surface area contributed by atoms with E-state index in [4.69, 9.17) is 9.47 Å². The first-order chi connectivity index (χ1) is 10.2. The molecule has 0 spiro atoms. The summed E-state index contributed by atoms with van der Waals surface area (Å²) in [6.07, 6.45) is 5.40. The molecule has 1 saturated heterocycles. The van der Waals surface area contributed by atoms with Crippen molar-refractivity contribution in [3.63, 3.8) is 0 Å². The van der Waals surface area contributed by atoms with Gasteiger partial charge in [-0.3, -0.25) is 0 Å². The van der Waals surface area contributed by atoms with Crippen molar-refractivity contribution >= 4 is 15.9 Å². The standard InChI is InChI=1S/C15H18BrN3O2/c1-2-3-14-8-20-15(21-14,9-19-11-17-10-18-19)12-4-6-13(16)7-5-12/h4-7,10-11,14H,2-3,8-9H2,1H3/t14-,15-/m1/s1. The van der Waals surface area contributed by atoms with Crippen LogP contribution in [-0.4, -0.2) is 27.5 Å². The lowest BCUT2D eigenvalue weighted by Crippen LogP contribution is -2.33. The van der Waals surface area contributed by atoms with E-state index in [9.17, 15) is 0 Å². The smallest absolute Gasteiger partial charge is 0.215 e. The predicted molar refractivity (Wildman–Crippen MR) is 81.6 cm³/mol. The fraction of sp³-hybridized carbons (Fsp3) is 0.467. The molecule has 0 amide bonds. The average Bonchev–Trinajstić information content (AvgIpc) is 3.11. The number of ether oxygens (including phenoxy) is 2. The number of rotatable bonds is 5. The molecule has 0 aliphatic carbocycles. The van der Waals surface area contributed by atoms with E-state index in [1.54, 1.807) is 11.0 Å². The van der Waals surface area contributed by atoms with E-state index < -0.39 is 5.79 Å². The van der Waals surface area contributed by atoms with Crippen molar-refractivity contribution in [3.05, 3.63) is 47.0 Å². The van der Waals surface area contributed by atoms with Gasteiger partial charge in [-0.25, -0.2) is 9.67 Å². The van der Waals surface area contributed by atoms with Crippen LogP contribution in [0.3, 0.4) is 0 Å². The Balaban J connectivity index is 1.89. The molecule has 0 saturated carbocycles. The van der Waals surface area contributed by atoms with E-state index in [1.807, 2.05) is 24.3 Å². The van der Waals surface area contributed by atoms with E-state index in [0.717, 1.165) is 22.9 Å². The Labute approximate surface area is 132 Å². The highest BCUT2D eigenvalue weighted by Crippen LogP contribution is 2.37. The third-order valence-electron chi connectivity index (χ3n) is 3.59. The molecular weight excluding hydrogens is 334 g/mol. The minimum Gasteiger partial charge on any atom is -0.342 e. The van der Waals surface area contributed by atoms with Crippen molar-refractivity contribution < 1.29 is 9.47 Å². The maximum atomic E-state index is 6.26. The molecule has 1 aromatic heterocycles. The van der Waals surface area contributed by atoms with Gasteiger partial charge >= 0.3 is 0 Å². The van der Waals surface area contributed by atoms with Crippen LogP contribution < -0.4 is 0 Å². The monoisotopic (exact) mass is 351 g/mol. The Bertz CT molecular complexity index is 573. The predicted octanol–water partition coefficient (Wildman–Crippen LogP) is 3.11. The summed E-state index contributed by atoms with van der Waals surface area (Å²) >= 11 is 3.46. The van der Waals surface area contributed by atoms with E-state index in [1.165, 1.54) is 6.33 Å². The van der Waals surface area contributed by atoms with Crippen molar-refractivity contribution in [3.8, 4) is 0 Å². The third kappa shape index (κ3) is 3.17. The molecular formula is C15H18BrN3O2. The lowest BCUT2D eigenvalue weighted by Gasteiger charge is -2.28. The van der Waals surface area contributed by atoms with Gasteiger partial charge in [-0.05, 0) is 18.6 Å². The van der Waals surface area contributed by atoms with Crippen LogP contribution in [0, 0.1) is 0 Å². The highest BCUT2D eigenvalue weighted by Gasteiger charge is 2.43. The Kier molecular flexibility index (Phi) is 4.37. The lowest BCUT2D eigenvalue weighted by atomic mass is 10.1. The van der Waals surface area contributed by atoms with Crippen LogP contribution in [0.2, 0.25) is 0 Å². The summed E-state index contributed by atoms with van der Waals surface area (Å²) in [5.74, 6) is -0.783. The summed E-state index contributed by atoms with van der Waals surface area (Å²) in [5.41, 5.74) is 1.000. The quantitative estimate of drug-likeness (QED) is 0.830. The van der Waals surface area contributed by atoms with Crippen LogP contribution in [0.5, 0.6) is 0 Å². The topological polar surface area (TPSA) is 49.2 Å². The summed E-state index contributed by atoms with van der Waals surface area (Å²) < 4.78 is 15.1. The van der Waals surface area contributed by atoms with Gasteiger partial charge in [0.2, 0.25) is 5.79 Å². The molecule has 2 heterocycles. The summed E-state index contributed by atoms with van der Waals surface area (Å²) in [5, 5.41) is 4.18. The Hall–Kier alpha value is -1.24. The number of nitrogens with zero attached hydrogens (tertiary/aromatic N) is 3. The van der Waals surface area contributed by atoms with Crippen LogP contribution >= 0.6 is 15.9 Å². The number of benzene rings is 1. The summed E-state index contributed by atoms with van der Waals surface area (Å²) in [7, 11) is 0. The van der Waals surface area contributed by atoms with Gasteiger partial charge in [0.15, 0.2) is 0 Å². The van der Waals surface area contributed by atoms with Gasteiger partial charge in [-0.2, -0.15) is 5.10 Å². The van der Waals surface area contributed by atoms with E-state index in [-0.39, 0.29) is 6.10 Å². The Morgan fingerprint density at radius 2 is 2.19 bits per heavy atom. The van der Waals surface area contributed by atoms with Crippen LogP contribution in [0.4, 0.5) is 0 Å². The van der Waals surface area contributed by atoms with Crippen molar-refractivity contribution in [1.29, 1.82) is 0 Å². The number of halogens is 1. The third-order valence-corrected chi connectivity index (χ3v) is 4.12. The fourth-order valence-electron chi connectivity index (χ4n) is 2.59. The minimum atomic E-state index is -0.783. The summed E-state index contributed by atoms with van der Waals surface area (Å²) in [6.45, 7) is 3.26. The zero-order valence-corrected chi connectivity index (χ0v) is 13.5. The zero-order valence-electron chi connectivity index (χ0n) is 11.9. The van der Waals surface area contributed by atoms with Crippen LogP contribution in [0.25, 0.3) is 0 Å². The average molecular weight is 352 g/mol. The van der Waals surface area contributed by atoms with Crippen molar-refractivity contribution in [2.45, 2.75) is 38.2 Å². The van der Waals surface area contributed by atoms with Gasteiger partial charge in [0.1, 0.15) is 19.2 Å². The van der Waals surface area contributed by atoms with Crippen LogP contribution in [0.1, 0.15) is 25.3 Å². The molecule has 0 N–H and O–H groups in total. The number of aromatic nitrogens is 3. The Morgan fingerprint density at radius 1 is 1.38 bits per heavy atom. The fourth-order valence-corrected chi connectivity index (χ4v) is 2.85. The van der Waals surface area contributed by atoms with Crippen molar-refractivity contribution in [1.82, 2.24) is 14.8 Å². The number of hydrogen-bond donors (Lipinski definition) is 0. The van der Waals surface area contributed by atoms with Gasteiger partial charge in [0, 0.05) is 10.0 Å². The molecule has 0 radical (unpaired) electrons. The molecule has 1 aliphatic heterocycles. The summed E-state index contributed by atoms with van der Waals surface area (Å²) in [4.78, 5) is 3.99. The second-order valence-electron chi connectivity index (χ2n) is 5.19. The SMILES string of the molecule is CCC[C@@H]1CO[C@@](Cn2cncn2)(c2ccc(Br)cc2)O1. The molecule has 112 valence electrons. The van der Waals surface area contributed by atoms with E-state index in [0.29, 0.717) is 13.2 Å². The summed E-state index contributed by atoms with van der Waals surface area (Å²) in [6, 6.07) is 8.04. The maximum Gasteiger partial charge on any atom is 0.215 e. The molecule has 6 heteroatoms. The van der Waals surface area contributed by atoms with Gasteiger partial charge in [0.05, 0.1) is 12.7 Å². The Morgan fingerprint density at radius 3 is 2.86 bits per heavy atom. The molecule has 0 unspecified atom stereocenters. The molecule has 1 fully saturated rings. The lowest BCUT2D eigenvalue weighted by molar-refractivity contribution is -0.189. The first-order valence-corrected chi connectivity index (χ1v) is 7.91. The van der Waals surface area contributed by atoms with Gasteiger partial charge in [-0.15, -0.1) is 0 Å².